The largest absolute Gasteiger partial charge is 0.444 e. The van der Waals surface area contributed by atoms with Crippen LogP contribution < -0.4 is 5.32 Å². The van der Waals surface area contributed by atoms with Crippen molar-refractivity contribution in [3.8, 4) is 0 Å². The van der Waals surface area contributed by atoms with Crippen molar-refractivity contribution in [2.45, 2.75) is 45.8 Å². The summed E-state index contributed by atoms with van der Waals surface area (Å²) in [6.07, 6.45) is 2.51. The van der Waals surface area contributed by atoms with Gasteiger partial charge in [-0.2, -0.15) is 0 Å². The SMILES string of the molecule is CC(C)(C)OC(=O)Nc1ccncc1C(C)(C)O. The van der Waals surface area contributed by atoms with Crippen molar-refractivity contribution in [3.05, 3.63) is 24.0 Å². The molecule has 0 radical (unpaired) electrons. The number of aliphatic hydroxyl groups is 1. The first-order valence-corrected chi connectivity index (χ1v) is 5.76. The molecule has 0 saturated carbocycles. The molecule has 100 valence electrons. The van der Waals surface area contributed by atoms with Crippen LogP contribution in [0.1, 0.15) is 40.2 Å². The fourth-order valence-electron chi connectivity index (χ4n) is 1.40. The Morgan fingerprint density at radius 2 is 1.94 bits per heavy atom. The molecule has 0 saturated heterocycles. The molecule has 0 fully saturated rings. The third-order valence-corrected chi connectivity index (χ3v) is 2.12. The number of hydrogen-bond donors (Lipinski definition) is 2. The minimum atomic E-state index is -1.08. The van der Waals surface area contributed by atoms with E-state index in [9.17, 15) is 9.90 Å². The first kappa shape index (κ1) is 14.4. The minimum absolute atomic E-state index is 0.492. The molecule has 1 aromatic rings. The Morgan fingerprint density at radius 1 is 1.33 bits per heavy atom. The average Bonchev–Trinajstić information content (AvgIpc) is 2.13. The number of hydrogen-bond acceptors (Lipinski definition) is 4. The van der Waals surface area contributed by atoms with Gasteiger partial charge in [0.15, 0.2) is 0 Å². The van der Waals surface area contributed by atoms with Crippen LogP contribution in [0.15, 0.2) is 18.5 Å². The Morgan fingerprint density at radius 3 is 2.44 bits per heavy atom. The summed E-state index contributed by atoms with van der Waals surface area (Å²) in [6, 6.07) is 1.62. The minimum Gasteiger partial charge on any atom is -0.444 e. The summed E-state index contributed by atoms with van der Waals surface area (Å²) in [5.74, 6) is 0. The highest BCUT2D eigenvalue weighted by atomic mass is 16.6. The zero-order chi connectivity index (χ0) is 14.0. The summed E-state index contributed by atoms with van der Waals surface area (Å²) in [5.41, 5.74) is -0.618. The molecular weight excluding hydrogens is 232 g/mol. The molecule has 0 aliphatic rings. The first-order chi connectivity index (χ1) is 8.09. The van der Waals surface area contributed by atoms with E-state index in [2.05, 4.69) is 10.3 Å². The van der Waals surface area contributed by atoms with Gasteiger partial charge in [-0.1, -0.05) is 0 Å². The topological polar surface area (TPSA) is 71.5 Å². The van der Waals surface area contributed by atoms with Crippen molar-refractivity contribution < 1.29 is 14.6 Å². The average molecular weight is 252 g/mol. The Labute approximate surface area is 107 Å². The van der Waals surface area contributed by atoms with Crippen LogP contribution in [0.3, 0.4) is 0 Å². The number of pyridine rings is 1. The summed E-state index contributed by atoms with van der Waals surface area (Å²) in [7, 11) is 0. The number of ether oxygens (including phenoxy) is 1. The molecule has 0 bridgehead atoms. The lowest BCUT2D eigenvalue weighted by atomic mass is 9.99. The fraction of sp³-hybridized carbons (Fsp3) is 0.538. The van der Waals surface area contributed by atoms with Crippen LogP contribution >= 0.6 is 0 Å². The number of anilines is 1. The van der Waals surface area contributed by atoms with E-state index in [1.54, 1.807) is 46.9 Å². The second kappa shape index (κ2) is 4.94. The standard InChI is InChI=1S/C13H20N2O3/c1-12(2,3)18-11(16)15-10-6-7-14-8-9(10)13(4,5)17/h6-8,17H,1-5H3,(H,14,15,16). The zero-order valence-corrected chi connectivity index (χ0v) is 11.4. The van der Waals surface area contributed by atoms with Gasteiger partial charge in [0, 0.05) is 18.0 Å². The predicted octanol–water partition coefficient (Wildman–Crippen LogP) is 2.66. The highest BCUT2D eigenvalue weighted by molar-refractivity contribution is 5.86. The Bertz CT molecular complexity index is 431. The monoisotopic (exact) mass is 252 g/mol. The van der Waals surface area contributed by atoms with E-state index in [4.69, 9.17) is 4.74 Å². The van der Waals surface area contributed by atoms with E-state index in [-0.39, 0.29) is 0 Å². The molecule has 5 heteroatoms. The van der Waals surface area contributed by atoms with Gasteiger partial charge in [0.2, 0.25) is 0 Å². The quantitative estimate of drug-likeness (QED) is 0.848. The van der Waals surface area contributed by atoms with Crippen molar-refractivity contribution in [3.63, 3.8) is 0 Å². The van der Waals surface area contributed by atoms with Crippen molar-refractivity contribution in [2.75, 3.05) is 5.32 Å². The summed E-state index contributed by atoms with van der Waals surface area (Å²) < 4.78 is 5.16. The number of nitrogens with one attached hydrogen (secondary N) is 1. The van der Waals surface area contributed by atoms with Crippen LogP contribution in [0, 0.1) is 0 Å². The zero-order valence-electron chi connectivity index (χ0n) is 11.4. The molecule has 0 atom stereocenters. The van der Waals surface area contributed by atoms with Crippen LogP contribution in [-0.2, 0) is 10.3 Å². The molecule has 0 spiro atoms. The summed E-state index contributed by atoms with van der Waals surface area (Å²) in [5, 5.41) is 12.6. The van der Waals surface area contributed by atoms with Gasteiger partial charge >= 0.3 is 6.09 Å². The van der Waals surface area contributed by atoms with E-state index < -0.39 is 17.3 Å². The Balaban J connectivity index is 2.89. The van der Waals surface area contributed by atoms with Gasteiger partial charge in [-0.3, -0.25) is 10.3 Å². The van der Waals surface area contributed by atoms with Crippen LogP contribution in [0.2, 0.25) is 0 Å². The molecule has 18 heavy (non-hydrogen) atoms. The maximum absolute atomic E-state index is 11.7. The third kappa shape index (κ3) is 4.33. The summed E-state index contributed by atoms with van der Waals surface area (Å²) in [6.45, 7) is 8.62. The van der Waals surface area contributed by atoms with Crippen LogP contribution in [0.25, 0.3) is 0 Å². The fourth-order valence-corrected chi connectivity index (χ4v) is 1.40. The molecule has 0 aromatic carbocycles. The number of aromatic nitrogens is 1. The van der Waals surface area contributed by atoms with Gasteiger partial charge in [-0.25, -0.2) is 4.79 Å². The molecule has 5 nitrogen and oxygen atoms in total. The second-order valence-electron chi connectivity index (χ2n) is 5.61. The normalized spacial score (nSPS) is 12.1. The van der Waals surface area contributed by atoms with E-state index in [1.165, 1.54) is 6.20 Å². The molecular formula is C13H20N2O3. The summed E-state index contributed by atoms with van der Waals surface area (Å²) in [4.78, 5) is 15.6. The maximum atomic E-state index is 11.7. The van der Waals surface area contributed by atoms with Crippen molar-refractivity contribution >= 4 is 11.8 Å². The molecule has 1 amide bonds. The highest BCUT2D eigenvalue weighted by Gasteiger charge is 2.23. The molecule has 0 aliphatic heterocycles. The highest BCUT2D eigenvalue weighted by Crippen LogP contribution is 2.26. The van der Waals surface area contributed by atoms with Gasteiger partial charge in [0.05, 0.1) is 11.3 Å². The van der Waals surface area contributed by atoms with Gasteiger partial charge in [0.25, 0.3) is 0 Å². The third-order valence-electron chi connectivity index (χ3n) is 2.12. The summed E-state index contributed by atoms with van der Waals surface area (Å²) >= 11 is 0. The second-order valence-corrected chi connectivity index (χ2v) is 5.61. The van der Waals surface area contributed by atoms with Crippen molar-refractivity contribution in [2.24, 2.45) is 0 Å². The van der Waals surface area contributed by atoms with Gasteiger partial charge in [0.1, 0.15) is 5.60 Å². The maximum Gasteiger partial charge on any atom is 0.412 e. The first-order valence-electron chi connectivity index (χ1n) is 5.76. The van der Waals surface area contributed by atoms with Crippen LogP contribution in [0.4, 0.5) is 10.5 Å². The van der Waals surface area contributed by atoms with Crippen molar-refractivity contribution in [1.82, 2.24) is 4.98 Å². The molecule has 1 heterocycles. The Kier molecular flexibility index (Phi) is 3.96. The smallest absolute Gasteiger partial charge is 0.412 e. The number of carbonyl (C=O) groups excluding carboxylic acids is 1. The van der Waals surface area contributed by atoms with E-state index in [0.717, 1.165) is 0 Å². The number of amides is 1. The van der Waals surface area contributed by atoms with Gasteiger partial charge in [-0.15, -0.1) is 0 Å². The van der Waals surface area contributed by atoms with Crippen molar-refractivity contribution in [1.29, 1.82) is 0 Å². The Hall–Kier alpha value is -1.62. The molecule has 1 aromatic heterocycles. The lowest BCUT2D eigenvalue weighted by Crippen LogP contribution is -2.28. The molecule has 2 N–H and O–H groups in total. The lowest BCUT2D eigenvalue weighted by molar-refractivity contribution is 0.0632. The van der Waals surface area contributed by atoms with Gasteiger partial charge < -0.3 is 9.84 Å². The van der Waals surface area contributed by atoms with E-state index >= 15 is 0 Å². The molecule has 0 aliphatic carbocycles. The van der Waals surface area contributed by atoms with Crippen LogP contribution in [-0.4, -0.2) is 21.8 Å². The van der Waals surface area contributed by atoms with E-state index in [1.807, 2.05) is 0 Å². The predicted molar refractivity (Wildman–Crippen MR) is 69.3 cm³/mol. The van der Waals surface area contributed by atoms with Gasteiger partial charge in [-0.05, 0) is 40.7 Å². The molecule has 0 unspecified atom stereocenters. The number of carbonyl (C=O) groups is 1. The van der Waals surface area contributed by atoms with Crippen LogP contribution in [0.5, 0.6) is 0 Å². The number of rotatable bonds is 2. The van der Waals surface area contributed by atoms with E-state index in [0.29, 0.717) is 11.3 Å². The molecule has 1 rings (SSSR count). The number of nitrogens with zero attached hydrogens (tertiary/aromatic N) is 1. The lowest BCUT2D eigenvalue weighted by Gasteiger charge is -2.23.